The molecule has 0 bridgehead atoms. The zero-order chi connectivity index (χ0) is 19.8. The smallest absolute Gasteiger partial charge is 0.284 e. The van der Waals surface area contributed by atoms with E-state index < -0.39 is 5.91 Å². The largest absolute Gasteiger partial charge is 0.454 e. The molecule has 1 amide bonds. The predicted octanol–water partition coefficient (Wildman–Crippen LogP) is 2.09. The number of nitrogens with two attached hydrogens (primary N) is 1. The van der Waals surface area contributed by atoms with Gasteiger partial charge in [0.1, 0.15) is 12.3 Å². The molecule has 3 rings (SSSR count). The van der Waals surface area contributed by atoms with Crippen LogP contribution in [0.5, 0.6) is 0 Å². The van der Waals surface area contributed by atoms with Crippen LogP contribution >= 0.6 is 24.0 Å². The Morgan fingerprint density at radius 1 is 1.21 bits per heavy atom. The lowest BCUT2D eigenvalue weighted by Crippen LogP contribution is -2.60. The van der Waals surface area contributed by atoms with E-state index >= 15 is 0 Å². The fourth-order valence-corrected chi connectivity index (χ4v) is 4.19. The van der Waals surface area contributed by atoms with Crippen LogP contribution in [-0.4, -0.2) is 61.7 Å². The number of nitrogens with one attached hydrogen (secondary N) is 2. The number of guanidine groups is 1. The number of nitrogens with zero attached hydrogens (tertiary/aromatic N) is 2. The number of hydrogen-bond acceptors (Lipinski definition) is 5. The maximum absolute atomic E-state index is 11.2. The Labute approximate surface area is 190 Å². The molecule has 1 saturated carbocycles. The van der Waals surface area contributed by atoms with Crippen LogP contribution in [0.2, 0.25) is 0 Å². The molecule has 1 aliphatic heterocycles. The summed E-state index contributed by atoms with van der Waals surface area (Å²) in [5.74, 6) is 0.978. The van der Waals surface area contributed by atoms with Crippen molar-refractivity contribution in [2.45, 2.75) is 51.1 Å². The second kappa shape index (κ2) is 11.8. The first-order valence-corrected chi connectivity index (χ1v) is 10.4. The van der Waals surface area contributed by atoms with E-state index in [1.165, 1.54) is 32.1 Å². The van der Waals surface area contributed by atoms with Gasteiger partial charge in [-0.05, 0) is 31.9 Å². The monoisotopic (exact) mass is 519 g/mol. The first-order chi connectivity index (χ1) is 13.6. The second-order valence-corrected chi connectivity index (χ2v) is 7.56. The SMILES string of the molecule is CCNC(=NCc1ccc(C(N)=O)o1)NCC1(N2CCOCC2)CCCCC1.I. The summed E-state index contributed by atoms with van der Waals surface area (Å²) in [6, 6.07) is 3.33. The molecule has 0 unspecified atom stereocenters. The molecular formula is C20H34IN5O3. The van der Waals surface area contributed by atoms with E-state index in [0.717, 1.165) is 45.4 Å². The summed E-state index contributed by atoms with van der Waals surface area (Å²) in [5.41, 5.74) is 5.41. The molecule has 164 valence electrons. The highest BCUT2D eigenvalue weighted by Gasteiger charge is 2.38. The number of hydrogen-bond donors (Lipinski definition) is 3. The van der Waals surface area contributed by atoms with E-state index in [2.05, 4.69) is 20.5 Å². The van der Waals surface area contributed by atoms with Gasteiger partial charge in [0.2, 0.25) is 0 Å². The maximum Gasteiger partial charge on any atom is 0.284 e. The van der Waals surface area contributed by atoms with Gasteiger partial charge in [-0.3, -0.25) is 9.69 Å². The molecule has 0 aromatic carbocycles. The molecule has 1 saturated heterocycles. The fourth-order valence-electron chi connectivity index (χ4n) is 4.19. The van der Waals surface area contributed by atoms with Crippen molar-refractivity contribution in [2.75, 3.05) is 39.4 Å². The van der Waals surface area contributed by atoms with Gasteiger partial charge in [0.25, 0.3) is 5.91 Å². The zero-order valence-corrected chi connectivity index (χ0v) is 19.6. The van der Waals surface area contributed by atoms with E-state index in [-0.39, 0.29) is 35.3 Å². The van der Waals surface area contributed by atoms with E-state index in [1.54, 1.807) is 12.1 Å². The third kappa shape index (κ3) is 6.58. The molecule has 2 aliphatic rings. The normalized spacial score (nSPS) is 20.0. The minimum absolute atomic E-state index is 0. The van der Waals surface area contributed by atoms with Crippen LogP contribution < -0.4 is 16.4 Å². The molecule has 9 heteroatoms. The number of aliphatic imine (C=N–C) groups is 1. The van der Waals surface area contributed by atoms with E-state index in [1.807, 2.05) is 6.92 Å². The van der Waals surface area contributed by atoms with E-state index in [0.29, 0.717) is 12.3 Å². The number of amides is 1. The van der Waals surface area contributed by atoms with Crippen LogP contribution in [0.25, 0.3) is 0 Å². The number of ether oxygens (including phenoxy) is 1. The Balaban J connectivity index is 0.00000300. The van der Waals surface area contributed by atoms with Crippen molar-refractivity contribution in [3.63, 3.8) is 0 Å². The van der Waals surface area contributed by atoms with Crippen LogP contribution in [0.15, 0.2) is 21.5 Å². The number of morpholine rings is 1. The first-order valence-electron chi connectivity index (χ1n) is 10.4. The molecule has 0 radical (unpaired) electrons. The molecule has 1 aliphatic carbocycles. The summed E-state index contributed by atoms with van der Waals surface area (Å²) in [5, 5.41) is 6.86. The third-order valence-electron chi connectivity index (χ3n) is 5.69. The molecule has 0 atom stereocenters. The molecule has 1 aromatic heterocycles. The van der Waals surface area contributed by atoms with Crippen LogP contribution in [-0.2, 0) is 11.3 Å². The minimum atomic E-state index is -0.565. The Bertz CT molecular complexity index is 667. The molecule has 29 heavy (non-hydrogen) atoms. The van der Waals surface area contributed by atoms with Gasteiger partial charge in [-0.1, -0.05) is 19.3 Å². The Kier molecular flexibility index (Phi) is 9.70. The van der Waals surface area contributed by atoms with Gasteiger partial charge in [-0.25, -0.2) is 4.99 Å². The Morgan fingerprint density at radius 2 is 1.93 bits per heavy atom. The third-order valence-corrected chi connectivity index (χ3v) is 5.69. The topological polar surface area (TPSA) is 105 Å². The number of carbonyl (C=O) groups excluding carboxylic acids is 1. The van der Waals surface area contributed by atoms with Gasteiger partial charge in [-0.2, -0.15) is 0 Å². The lowest BCUT2D eigenvalue weighted by molar-refractivity contribution is -0.0352. The lowest BCUT2D eigenvalue weighted by atomic mass is 9.80. The van der Waals surface area contributed by atoms with E-state index in [9.17, 15) is 4.79 Å². The van der Waals surface area contributed by atoms with Crippen LogP contribution in [0.3, 0.4) is 0 Å². The number of carbonyl (C=O) groups is 1. The summed E-state index contributed by atoms with van der Waals surface area (Å²) < 4.78 is 11.0. The van der Waals surface area contributed by atoms with Gasteiger partial charge in [0.05, 0.1) is 13.2 Å². The average molecular weight is 519 g/mol. The van der Waals surface area contributed by atoms with Gasteiger partial charge in [-0.15, -0.1) is 24.0 Å². The Hall–Kier alpha value is -1.33. The first kappa shape index (κ1) is 23.9. The summed E-state index contributed by atoms with van der Waals surface area (Å²) in [6.07, 6.45) is 6.28. The van der Waals surface area contributed by atoms with Crippen LogP contribution in [0, 0.1) is 0 Å². The minimum Gasteiger partial charge on any atom is -0.454 e. The van der Waals surface area contributed by atoms with Crippen molar-refractivity contribution in [3.8, 4) is 0 Å². The van der Waals surface area contributed by atoms with Gasteiger partial charge in [0, 0.05) is 31.7 Å². The highest BCUT2D eigenvalue weighted by molar-refractivity contribution is 14.0. The standard InChI is InChI=1S/C20H33N5O3.HI/c1-2-22-19(23-14-16-6-7-17(28-16)18(21)26)24-15-20(8-4-3-5-9-20)25-10-12-27-13-11-25;/h6-7H,2-5,8-15H2,1H3,(H2,21,26)(H2,22,23,24);1H. The average Bonchev–Trinajstić information content (AvgIpc) is 3.21. The van der Waals surface area contributed by atoms with Crippen LogP contribution in [0.4, 0.5) is 0 Å². The highest BCUT2D eigenvalue weighted by Crippen LogP contribution is 2.33. The summed E-state index contributed by atoms with van der Waals surface area (Å²) in [7, 11) is 0. The zero-order valence-electron chi connectivity index (χ0n) is 17.2. The summed E-state index contributed by atoms with van der Waals surface area (Å²) >= 11 is 0. The summed E-state index contributed by atoms with van der Waals surface area (Å²) in [4.78, 5) is 18.4. The highest BCUT2D eigenvalue weighted by atomic mass is 127. The molecule has 2 heterocycles. The molecule has 2 fully saturated rings. The second-order valence-electron chi connectivity index (χ2n) is 7.56. The van der Waals surface area contributed by atoms with Crippen molar-refractivity contribution in [3.05, 3.63) is 23.7 Å². The molecule has 1 aromatic rings. The van der Waals surface area contributed by atoms with Crippen molar-refractivity contribution >= 4 is 35.8 Å². The Morgan fingerprint density at radius 3 is 2.55 bits per heavy atom. The van der Waals surface area contributed by atoms with Crippen molar-refractivity contribution < 1.29 is 13.9 Å². The van der Waals surface area contributed by atoms with Gasteiger partial charge >= 0.3 is 0 Å². The number of primary amides is 1. The van der Waals surface area contributed by atoms with Crippen molar-refractivity contribution in [1.82, 2.24) is 15.5 Å². The van der Waals surface area contributed by atoms with E-state index in [4.69, 9.17) is 14.9 Å². The molecule has 4 N–H and O–H groups in total. The van der Waals surface area contributed by atoms with Gasteiger partial charge < -0.3 is 25.5 Å². The van der Waals surface area contributed by atoms with Crippen molar-refractivity contribution in [2.24, 2.45) is 10.7 Å². The number of rotatable bonds is 7. The number of furan rings is 1. The molecular weight excluding hydrogens is 485 g/mol. The maximum atomic E-state index is 11.2. The lowest BCUT2D eigenvalue weighted by Gasteiger charge is -2.48. The number of halogens is 1. The molecule has 0 spiro atoms. The van der Waals surface area contributed by atoms with Gasteiger partial charge in [0.15, 0.2) is 11.7 Å². The van der Waals surface area contributed by atoms with Crippen LogP contribution in [0.1, 0.15) is 55.3 Å². The fraction of sp³-hybridized carbons (Fsp3) is 0.700. The molecule has 8 nitrogen and oxygen atoms in total. The predicted molar refractivity (Wildman–Crippen MR) is 124 cm³/mol. The van der Waals surface area contributed by atoms with Crippen molar-refractivity contribution in [1.29, 1.82) is 0 Å². The quantitative estimate of drug-likeness (QED) is 0.290. The summed E-state index contributed by atoms with van der Waals surface area (Å²) in [6.45, 7) is 7.67.